The average Bonchev–Trinajstić information content (AvgIpc) is 2.61. The first-order chi connectivity index (χ1) is 11.5. The Kier molecular flexibility index (Phi) is 5.16. The molecule has 1 aromatic carbocycles. The van der Waals surface area contributed by atoms with Crippen molar-refractivity contribution in [2.45, 2.75) is 24.7 Å². The second-order valence-electron chi connectivity index (χ2n) is 6.31. The van der Waals surface area contributed by atoms with Crippen molar-refractivity contribution >= 4 is 15.7 Å². The number of hydrogen-bond acceptors (Lipinski definition) is 4. The van der Waals surface area contributed by atoms with Crippen LogP contribution < -0.4 is 9.62 Å². The second kappa shape index (κ2) is 7.32. The van der Waals surface area contributed by atoms with E-state index in [2.05, 4.69) is 20.7 Å². The smallest absolute Gasteiger partial charge is 0.240 e. The summed E-state index contributed by atoms with van der Waals surface area (Å²) in [6.45, 7) is 4.26. The van der Waals surface area contributed by atoms with Crippen LogP contribution in [-0.4, -0.2) is 33.0 Å². The maximum atomic E-state index is 12.4. The molecule has 1 aromatic heterocycles. The molecule has 0 radical (unpaired) electrons. The molecule has 1 N–H and O–H groups in total. The van der Waals surface area contributed by atoms with Crippen LogP contribution in [0.1, 0.15) is 18.4 Å². The molecule has 24 heavy (non-hydrogen) atoms. The molecule has 128 valence electrons. The van der Waals surface area contributed by atoms with E-state index < -0.39 is 10.0 Å². The molecular formula is C18H23N3O2S. The zero-order chi connectivity index (χ0) is 17.0. The van der Waals surface area contributed by atoms with E-state index in [4.69, 9.17) is 0 Å². The molecule has 1 fully saturated rings. The van der Waals surface area contributed by atoms with Crippen molar-refractivity contribution in [1.82, 2.24) is 9.71 Å². The van der Waals surface area contributed by atoms with Gasteiger partial charge in [0.2, 0.25) is 10.0 Å². The minimum absolute atomic E-state index is 0.343. The van der Waals surface area contributed by atoms with Gasteiger partial charge in [-0.05, 0) is 55.5 Å². The minimum Gasteiger partial charge on any atom is -0.370 e. The summed E-state index contributed by atoms with van der Waals surface area (Å²) in [4.78, 5) is 6.80. The summed E-state index contributed by atoms with van der Waals surface area (Å²) in [6.07, 6.45) is 5.60. The Hall–Kier alpha value is -1.92. The molecule has 1 aliphatic heterocycles. The predicted molar refractivity (Wildman–Crippen MR) is 95.5 cm³/mol. The standard InChI is InChI=1S/C18H23N3O2S/c1-15-4-2-6-18(12-15)24(22,23)20-13-16-7-10-21(11-8-16)17-5-3-9-19-14-17/h2-6,9,12,14,16,20H,7-8,10-11,13H2,1H3. The Labute approximate surface area is 143 Å². The molecule has 0 saturated carbocycles. The van der Waals surface area contributed by atoms with Gasteiger partial charge in [0.25, 0.3) is 0 Å². The molecule has 0 amide bonds. The SMILES string of the molecule is Cc1cccc(S(=O)(=O)NCC2CCN(c3cccnc3)CC2)c1. The van der Waals surface area contributed by atoms with Crippen molar-refractivity contribution < 1.29 is 8.42 Å². The van der Waals surface area contributed by atoms with E-state index in [1.165, 1.54) is 0 Å². The Bertz CT molecular complexity index is 770. The van der Waals surface area contributed by atoms with Crippen LogP contribution in [0.25, 0.3) is 0 Å². The molecule has 0 bridgehead atoms. The Morgan fingerprint density at radius 2 is 2.00 bits per heavy atom. The quantitative estimate of drug-likeness (QED) is 0.905. The summed E-state index contributed by atoms with van der Waals surface area (Å²) < 4.78 is 27.5. The zero-order valence-electron chi connectivity index (χ0n) is 13.9. The lowest BCUT2D eigenvalue weighted by molar-refractivity contribution is 0.402. The molecule has 0 spiro atoms. The van der Waals surface area contributed by atoms with Crippen molar-refractivity contribution in [1.29, 1.82) is 0 Å². The number of aryl methyl sites for hydroxylation is 1. The van der Waals surface area contributed by atoms with E-state index in [0.29, 0.717) is 17.4 Å². The number of nitrogens with one attached hydrogen (secondary N) is 1. The number of hydrogen-bond donors (Lipinski definition) is 1. The highest BCUT2D eigenvalue weighted by molar-refractivity contribution is 7.89. The second-order valence-corrected chi connectivity index (χ2v) is 8.08. The Balaban J connectivity index is 1.53. The van der Waals surface area contributed by atoms with Crippen LogP contribution in [0.4, 0.5) is 5.69 Å². The molecule has 0 unspecified atom stereocenters. The van der Waals surface area contributed by atoms with Crippen molar-refractivity contribution in [2.75, 3.05) is 24.5 Å². The summed E-state index contributed by atoms with van der Waals surface area (Å²) in [5.74, 6) is 0.373. The molecule has 1 saturated heterocycles. The molecule has 1 aliphatic rings. The normalized spacial score (nSPS) is 16.3. The number of pyridine rings is 1. The number of rotatable bonds is 5. The summed E-state index contributed by atoms with van der Waals surface area (Å²) in [5.41, 5.74) is 2.08. The molecule has 3 rings (SSSR count). The number of nitrogens with zero attached hydrogens (tertiary/aromatic N) is 2. The number of benzene rings is 1. The van der Waals surface area contributed by atoms with Crippen LogP contribution in [0, 0.1) is 12.8 Å². The first kappa shape index (κ1) is 16.9. The van der Waals surface area contributed by atoms with Gasteiger partial charge in [-0.1, -0.05) is 12.1 Å². The van der Waals surface area contributed by atoms with Crippen LogP contribution >= 0.6 is 0 Å². The van der Waals surface area contributed by atoms with Crippen LogP contribution in [0.15, 0.2) is 53.7 Å². The minimum atomic E-state index is -3.42. The maximum absolute atomic E-state index is 12.4. The monoisotopic (exact) mass is 345 g/mol. The van der Waals surface area contributed by atoms with Gasteiger partial charge in [0.1, 0.15) is 0 Å². The van der Waals surface area contributed by atoms with Gasteiger partial charge in [0.05, 0.1) is 16.8 Å². The summed E-state index contributed by atoms with van der Waals surface area (Å²) in [6, 6.07) is 11.0. The van der Waals surface area contributed by atoms with E-state index in [9.17, 15) is 8.42 Å². The van der Waals surface area contributed by atoms with Gasteiger partial charge < -0.3 is 4.90 Å². The van der Waals surface area contributed by atoms with Crippen molar-refractivity contribution in [3.63, 3.8) is 0 Å². The predicted octanol–water partition coefficient (Wildman–Crippen LogP) is 2.58. The molecule has 2 heterocycles. The molecule has 0 aliphatic carbocycles. The first-order valence-electron chi connectivity index (χ1n) is 8.26. The van der Waals surface area contributed by atoms with Gasteiger partial charge in [0.15, 0.2) is 0 Å². The Morgan fingerprint density at radius 3 is 2.67 bits per heavy atom. The molecule has 0 atom stereocenters. The fraction of sp³-hybridized carbons (Fsp3) is 0.389. The van der Waals surface area contributed by atoms with Crippen LogP contribution in [-0.2, 0) is 10.0 Å². The summed E-state index contributed by atoms with van der Waals surface area (Å²) >= 11 is 0. The van der Waals surface area contributed by atoms with Crippen molar-refractivity contribution in [3.05, 3.63) is 54.4 Å². The molecule has 2 aromatic rings. The van der Waals surface area contributed by atoms with Gasteiger partial charge in [-0.15, -0.1) is 0 Å². The fourth-order valence-electron chi connectivity index (χ4n) is 3.03. The van der Waals surface area contributed by atoms with E-state index in [-0.39, 0.29) is 0 Å². The number of aromatic nitrogens is 1. The van der Waals surface area contributed by atoms with Crippen molar-refractivity contribution in [2.24, 2.45) is 5.92 Å². The molecule has 5 nitrogen and oxygen atoms in total. The number of piperidine rings is 1. The lowest BCUT2D eigenvalue weighted by Gasteiger charge is -2.33. The summed E-state index contributed by atoms with van der Waals surface area (Å²) in [5, 5.41) is 0. The van der Waals surface area contributed by atoms with Gasteiger partial charge in [-0.2, -0.15) is 0 Å². The van der Waals surface area contributed by atoms with E-state index >= 15 is 0 Å². The number of sulfonamides is 1. The third-order valence-corrected chi connectivity index (χ3v) is 5.91. The molecular weight excluding hydrogens is 322 g/mol. The summed E-state index contributed by atoms with van der Waals surface area (Å²) in [7, 11) is -3.42. The molecule has 6 heteroatoms. The van der Waals surface area contributed by atoms with Crippen LogP contribution in [0.2, 0.25) is 0 Å². The third kappa shape index (κ3) is 4.13. The van der Waals surface area contributed by atoms with E-state index in [0.717, 1.165) is 37.2 Å². The number of anilines is 1. The first-order valence-corrected chi connectivity index (χ1v) is 9.74. The van der Waals surface area contributed by atoms with Crippen LogP contribution in [0.5, 0.6) is 0 Å². The fourth-order valence-corrected chi connectivity index (χ4v) is 4.25. The zero-order valence-corrected chi connectivity index (χ0v) is 14.7. The van der Waals surface area contributed by atoms with Gasteiger partial charge in [-0.25, -0.2) is 13.1 Å². The highest BCUT2D eigenvalue weighted by Gasteiger charge is 2.22. The largest absolute Gasteiger partial charge is 0.370 e. The van der Waals surface area contributed by atoms with Gasteiger partial charge >= 0.3 is 0 Å². The van der Waals surface area contributed by atoms with E-state index in [1.54, 1.807) is 24.4 Å². The highest BCUT2D eigenvalue weighted by atomic mass is 32.2. The topological polar surface area (TPSA) is 62.3 Å². The third-order valence-electron chi connectivity index (χ3n) is 4.49. The van der Waals surface area contributed by atoms with Crippen molar-refractivity contribution in [3.8, 4) is 0 Å². The van der Waals surface area contributed by atoms with Crippen LogP contribution in [0.3, 0.4) is 0 Å². The lowest BCUT2D eigenvalue weighted by atomic mass is 9.97. The highest BCUT2D eigenvalue weighted by Crippen LogP contribution is 2.22. The Morgan fingerprint density at radius 1 is 1.21 bits per heavy atom. The van der Waals surface area contributed by atoms with Gasteiger partial charge in [-0.3, -0.25) is 4.98 Å². The average molecular weight is 345 g/mol. The van der Waals surface area contributed by atoms with E-state index in [1.807, 2.05) is 25.3 Å². The van der Waals surface area contributed by atoms with Gasteiger partial charge in [0, 0.05) is 25.8 Å². The maximum Gasteiger partial charge on any atom is 0.240 e. The lowest BCUT2D eigenvalue weighted by Crippen LogP contribution is -2.38.